The van der Waals surface area contributed by atoms with Crippen molar-refractivity contribution in [3.63, 3.8) is 0 Å². The lowest BCUT2D eigenvalue weighted by atomic mass is 10.2. The fourth-order valence-corrected chi connectivity index (χ4v) is 6.75. The number of nitrogen functional groups attached to an aromatic ring is 1. The van der Waals surface area contributed by atoms with E-state index in [0.29, 0.717) is 0 Å². The van der Waals surface area contributed by atoms with Gasteiger partial charge in [-0.2, -0.15) is 13.8 Å². The highest BCUT2D eigenvalue weighted by Gasteiger charge is 2.66. The Morgan fingerprint density at radius 1 is 1.25 bits per heavy atom. The van der Waals surface area contributed by atoms with Crippen LogP contribution in [0.3, 0.4) is 0 Å². The number of aromatic nitrogens is 4. The van der Waals surface area contributed by atoms with Crippen molar-refractivity contribution in [2.24, 2.45) is 0 Å². The molecule has 178 valence electrons. The monoisotopic (exact) mass is 521 g/mol. The van der Waals surface area contributed by atoms with Gasteiger partial charge in [0.05, 0.1) is 18.5 Å². The third-order valence-corrected chi connectivity index (χ3v) is 9.51. The molecule has 0 aromatic carbocycles. The van der Waals surface area contributed by atoms with Crippen LogP contribution in [0.4, 0.5) is 14.7 Å². The van der Waals surface area contributed by atoms with Crippen molar-refractivity contribution in [1.82, 2.24) is 19.5 Å². The van der Waals surface area contributed by atoms with E-state index in [4.69, 9.17) is 25.2 Å². The summed E-state index contributed by atoms with van der Waals surface area (Å²) in [6, 6.07) is -0.499. The molecule has 0 saturated heterocycles. The molecule has 20 heteroatoms. The molecule has 0 fully saturated rings. The van der Waals surface area contributed by atoms with Gasteiger partial charge in [-0.25, -0.2) is 9.29 Å². The van der Waals surface area contributed by atoms with Crippen LogP contribution < -0.4 is 11.3 Å². The van der Waals surface area contributed by atoms with Gasteiger partial charge in [0.2, 0.25) is 5.95 Å². The van der Waals surface area contributed by atoms with E-state index < -0.39 is 52.2 Å². The van der Waals surface area contributed by atoms with Gasteiger partial charge in [-0.05, 0) is 0 Å². The number of allylic oxidation sites excluding steroid dienone is 1. The van der Waals surface area contributed by atoms with Crippen LogP contribution in [-0.4, -0.2) is 56.9 Å². The van der Waals surface area contributed by atoms with Crippen LogP contribution in [0.25, 0.3) is 11.2 Å². The molecule has 2 aromatic heterocycles. The number of hydrogen-bond acceptors (Lipinski definition) is 9. The molecule has 32 heavy (non-hydrogen) atoms. The lowest BCUT2D eigenvalue weighted by Crippen LogP contribution is -2.19. The average Bonchev–Trinajstić information content (AvgIpc) is 3.24. The van der Waals surface area contributed by atoms with Crippen molar-refractivity contribution in [3.05, 3.63) is 28.8 Å². The Morgan fingerprint density at radius 2 is 1.91 bits per heavy atom. The minimum absolute atomic E-state index is 0.00918. The number of hydrogen-bond donors (Lipinski definition) is 6. The fourth-order valence-electron chi connectivity index (χ4n) is 2.76. The second kappa shape index (κ2) is 8.20. The fraction of sp³-hybridized carbons (Fsp3) is 0.417. The summed E-state index contributed by atoms with van der Waals surface area (Å²) in [6.07, 6.45) is 2.13. The number of aromatic amines is 1. The Hall–Kier alpha value is -1.80. The van der Waals surface area contributed by atoms with Crippen LogP contribution in [0.15, 0.2) is 23.3 Å². The van der Waals surface area contributed by atoms with Gasteiger partial charge in [0.15, 0.2) is 11.2 Å². The zero-order valence-corrected chi connectivity index (χ0v) is 18.2. The van der Waals surface area contributed by atoms with Gasteiger partial charge in [-0.1, -0.05) is 12.2 Å². The number of H-pyrrole nitrogens is 1. The number of nitrogens with zero attached hydrogens (tertiary/aromatic N) is 3. The van der Waals surface area contributed by atoms with Crippen LogP contribution in [0, 0.1) is 0 Å². The molecule has 0 amide bonds. The Kier molecular flexibility index (Phi) is 6.37. The Bertz CT molecular complexity index is 1270. The lowest BCUT2D eigenvalue weighted by Gasteiger charge is -2.24. The van der Waals surface area contributed by atoms with Crippen molar-refractivity contribution in [3.8, 4) is 0 Å². The largest absolute Gasteiger partial charge is 0.444 e. The third-order valence-electron chi connectivity index (χ3n) is 4.21. The molecule has 2 unspecified atom stereocenters. The molecule has 7 N–H and O–H groups in total. The van der Waals surface area contributed by atoms with E-state index in [1.165, 1.54) is 17.0 Å². The minimum atomic E-state index is -6.56. The van der Waals surface area contributed by atoms with Crippen molar-refractivity contribution in [2.75, 3.05) is 12.1 Å². The zero-order valence-electron chi connectivity index (χ0n) is 15.6. The van der Waals surface area contributed by atoms with Crippen molar-refractivity contribution in [2.45, 2.75) is 24.0 Å². The van der Waals surface area contributed by atoms with E-state index in [1.807, 2.05) is 0 Å². The van der Waals surface area contributed by atoms with Crippen LogP contribution in [-0.2, 0) is 22.7 Å². The van der Waals surface area contributed by atoms with Crippen LogP contribution in [0.1, 0.15) is 12.5 Å². The van der Waals surface area contributed by atoms with Crippen LogP contribution in [0.5, 0.6) is 0 Å². The standard InChI is InChI=1S/C12H16F2N5O10P3/c13-12(14,31(23,24)25)32(26,27)29-30(21,22)5-28-7-2-1-6(3-7)19-4-16-8-9(19)17-11(15)18-10(8)20/h1-2,4,6-7H,3,5H2,(H,21,22)(H,26,27)(H2,23,24,25)(H3,15,17,18,20)/t6-,7+/m0/s1. The first-order chi connectivity index (χ1) is 14.5. The van der Waals surface area contributed by atoms with E-state index in [2.05, 4.69) is 19.3 Å². The average molecular weight is 521 g/mol. The molecule has 2 aromatic rings. The molecule has 2 heterocycles. The van der Waals surface area contributed by atoms with Gasteiger partial charge in [-0.3, -0.25) is 23.5 Å². The van der Waals surface area contributed by atoms with Gasteiger partial charge in [-0.15, -0.1) is 0 Å². The zero-order chi connectivity index (χ0) is 24.1. The third kappa shape index (κ3) is 4.76. The van der Waals surface area contributed by atoms with Gasteiger partial charge in [0.1, 0.15) is 6.35 Å². The molecular formula is C12H16F2N5O10P3. The molecule has 0 saturated carbocycles. The SMILES string of the molecule is Nc1nc2c(ncn2[C@H]2C=C[C@@H](OCP(=O)(O)OP(=O)(O)C(F)(F)P(=O)(O)O)C2)c(=O)[nH]1. The van der Waals surface area contributed by atoms with E-state index in [0.717, 1.165) is 0 Å². The molecule has 1 aliphatic carbocycles. The van der Waals surface area contributed by atoms with Crippen LogP contribution >= 0.6 is 22.8 Å². The Morgan fingerprint density at radius 3 is 2.53 bits per heavy atom. The molecule has 0 spiro atoms. The van der Waals surface area contributed by atoms with E-state index in [1.54, 1.807) is 6.08 Å². The summed E-state index contributed by atoms with van der Waals surface area (Å²) < 4.78 is 71.2. The smallest absolute Gasteiger partial charge is 0.369 e. The highest BCUT2D eigenvalue weighted by molar-refractivity contribution is 7.76. The van der Waals surface area contributed by atoms with Crippen molar-refractivity contribution in [1.29, 1.82) is 0 Å². The van der Waals surface area contributed by atoms with Gasteiger partial charge in [0.25, 0.3) is 5.56 Å². The van der Waals surface area contributed by atoms with E-state index in [9.17, 15) is 32.2 Å². The maximum atomic E-state index is 13.4. The van der Waals surface area contributed by atoms with Gasteiger partial charge in [0, 0.05) is 6.42 Å². The molecular weight excluding hydrogens is 505 g/mol. The highest BCUT2D eigenvalue weighted by Crippen LogP contribution is 2.77. The number of nitrogens with one attached hydrogen (secondary N) is 1. The number of nitrogens with two attached hydrogens (primary N) is 1. The summed E-state index contributed by atoms with van der Waals surface area (Å²) in [6.45, 7) is 0. The first-order valence-corrected chi connectivity index (χ1v) is 13.3. The quantitative estimate of drug-likeness (QED) is 0.207. The summed E-state index contributed by atoms with van der Waals surface area (Å²) >= 11 is 0. The Labute approximate surface area is 176 Å². The maximum absolute atomic E-state index is 13.4. The number of rotatable bonds is 8. The number of alkyl halides is 2. The number of fused-ring (bicyclic) bond motifs is 1. The molecule has 4 atom stereocenters. The number of ether oxygens (including phenoxy) is 1. The second-order valence-electron chi connectivity index (χ2n) is 6.59. The predicted octanol–water partition coefficient (Wildman–Crippen LogP) is 0.661. The lowest BCUT2D eigenvalue weighted by molar-refractivity contribution is 0.0920. The highest BCUT2D eigenvalue weighted by atomic mass is 31.3. The summed E-state index contributed by atoms with van der Waals surface area (Å²) in [4.78, 5) is 57.8. The molecule has 0 aliphatic heterocycles. The summed E-state index contributed by atoms with van der Waals surface area (Å²) in [5.74, 6) is -0.155. The van der Waals surface area contributed by atoms with Crippen molar-refractivity contribution < 1.29 is 51.1 Å². The first kappa shape index (κ1) is 24.8. The number of halogens is 2. The normalized spacial score (nSPS) is 23.3. The number of imidazole rings is 1. The first-order valence-electron chi connectivity index (χ1n) is 8.36. The second-order valence-corrected chi connectivity index (χ2v) is 12.4. The molecule has 1 aliphatic rings. The van der Waals surface area contributed by atoms with E-state index in [-0.39, 0.29) is 23.5 Å². The summed E-state index contributed by atoms with van der Waals surface area (Å²) in [5, 5.41) is -5.61. The molecule has 0 bridgehead atoms. The molecule has 15 nitrogen and oxygen atoms in total. The van der Waals surface area contributed by atoms with Gasteiger partial charge < -0.3 is 34.6 Å². The summed E-state index contributed by atoms with van der Waals surface area (Å²) in [7, 11) is -18.4. The Balaban J connectivity index is 1.66. The van der Waals surface area contributed by atoms with Crippen molar-refractivity contribution >= 4 is 39.9 Å². The van der Waals surface area contributed by atoms with Gasteiger partial charge >= 0.3 is 28.2 Å². The number of anilines is 1. The predicted molar refractivity (Wildman–Crippen MR) is 103 cm³/mol. The molecule has 3 rings (SSSR count). The van der Waals surface area contributed by atoms with E-state index >= 15 is 0 Å². The molecule has 0 radical (unpaired) electrons. The minimum Gasteiger partial charge on any atom is -0.369 e. The topological polar surface area (TPSA) is 240 Å². The van der Waals surface area contributed by atoms with Crippen LogP contribution in [0.2, 0.25) is 0 Å². The summed E-state index contributed by atoms with van der Waals surface area (Å²) in [5.41, 5.74) is 5.10. The maximum Gasteiger partial charge on any atom is 0.444 e.